The molecule has 0 unspecified atom stereocenters. The molecule has 138 valence electrons. The van der Waals surface area contributed by atoms with Crippen LogP contribution in [0.4, 0.5) is 5.69 Å². The molecule has 0 aliphatic carbocycles. The van der Waals surface area contributed by atoms with Crippen LogP contribution in [0.5, 0.6) is 0 Å². The maximum atomic E-state index is 12.2. The summed E-state index contributed by atoms with van der Waals surface area (Å²) >= 11 is 6.05. The summed E-state index contributed by atoms with van der Waals surface area (Å²) in [4.78, 5) is 39.0. The number of methoxy groups -OCH3 is 1. The summed E-state index contributed by atoms with van der Waals surface area (Å²) in [7, 11) is 5.16. The van der Waals surface area contributed by atoms with Crippen LogP contribution in [0.3, 0.4) is 0 Å². The van der Waals surface area contributed by atoms with Gasteiger partial charge in [0.15, 0.2) is 0 Å². The van der Waals surface area contributed by atoms with Crippen LogP contribution in [-0.2, 0) is 14.3 Å². The predicted molar refractivity (Wildman–Crippen MR) is 96.8 cm³/mol. The molecule has 0 fully saturated rings. The summed E-state index contributed by atoms with van der Waals surface area (Å²) in [6, 6.07) is 4.45. The Kier molecular flexibility index (Phi) is 8.37. The highest BCUT2D eigenvalue weighted by atomic mass is 35.5. The summed E-state index contributed by atoms with van der Waals surface area (Å²) in [6.07, 6.45) is 0.762. The molecule has 0 saturated carbocycles. The standard InChI is InChI=1S/C17H24ClN3O4/c1-12(22)21(9-5-8-20(2)3)11-16(23)19-15-10-13(17(24)25-4)6-7-14(15)18/h6-7,10H,5,8-9,11H2,1-4H3,(H,19,23). The van der Waals surface area contributed by atoms with E-state index in [2.05, 4.69) is 10.1 Å². The zero-order valence-corrected chi connectivity index (χ0v) is 15.7. The van der Waals surface area contributed by atoms with Gasteiger partial charge in [-0.15, -0.1) is 0 Å². The van der Waals surface area contributed by atoms with Crippen molar-refractivity contribution < 1.29 is 19.1 Å². The molecule has 0 radical (unpaired) electrons. The van der Waals surface area contributed by atoms with Gasteiger partial charge in [0.2, 0.25) is 11.8 Å². The monoisotopic (exact) mass is 369 g/mol. The molecule has 0 aliphatic rings. The number of nitrogens with one attached hydrogen (secondary N) is 1. The number of hydrogen-bond donors (Lipinski definition) is 1. The van der Waals surface area contributed by atoms with Gasteiger partial charge in [-0.05, 0) is 45.3 Å². The average Bonchev–Trinajstić information content (AvgIpc) is 2.54. The second kappa shape index (κ2) is 10.0. The fraction of sp³-hybridized carbons (Fsp3) is 0.471. The van der Waals surface area contributed by atoms with Crippen LogP contribution in [-0.4, -0.2) is 68.4 Å². The van der Waals surface area contributed by atoms with Crippen molar-refractivity contribution in [3.05, 3.63) is 28.8 Å². The van der Waals surface area contributed by atoms with Gasteiger partial charge in [0, 0.05) is 13.5 Å². The zero-order chi connectivity index (χ0) is 19.0. The lowest BCUT2D eigenvalue weighted by Gasteiger charge is -2.21. The van der Waals surface area contributed by atoms with E-state index in [1.165, 1.54) is 37.1 Å². The molecule has 1 N–H and O–H groups in total. The molecule has 7 nitrogen and oxygen atoms in total. The van der Waals surface area contributed by atoms with Gasteiger partial charge in [-0.3, -0.25) is 9.59 Å². The minimum Gasteiger partial charge on any atom is -0.465 e. The van der Waals surface area contributed by atoms with E-state index in [4.69, 9.17) is 11.6 Å². The van der Waals surface area contributed by atoms with Crippen LogP contribution >= 0.6 is 11.6 Å². The van der Waals surface area contributed by atoms with E-state index in [1.54, 1.807) is 0 Å². The highest BCUT2D eigenvalue weighted by Gasteiger charge is 2.16. The number of nitrogens with zero attached hydrogens (tertiary/aromatic N) is 2. The summed E-state index contributed by atoms with van der Waals surface area (Å²) in [5.74, 6) is -1.09. The summed E-state index contributed by atoms with van der Waals surface area (Å²) in [5.41, 5.74) is 0.572. The van der Waals surface area contributed by atoms with Crippen molar-refractivity contribution in [2.45, 2.75) is 13.3 Å². The quantitative estimate of drug-likeness (QED) is 0.708. The van der Waals surface area contributed by atoms with Gasteiger partial charge in [0.1, 0.15) is 0 Å². The van der Waals surface area contributed by atoms with Gasteiger partial charge in [-0.25, -0.2) is 4.79 Å². The Morgan fingerprint density at radius 1 is 1.20 bits per heavy atom. The molecule has 1 aromatic rings. The summed E-state index contributed by atoms with van der Waals surface area (Å²) in [6.45, 7) is 2.64. The number of rotatable bonds is 8. The first-order valence-electron chi connectivity index (χ1n) is 7.82. The van der Waals surface area contributed by atoms with Crippen molar-refractivity contribution in [2.24, 2.45) is 0 Å². The number of anilines is 1. The average molecular weight is 370 g/mol. The van der Waals surface area contributed by atoms with E-state index in [9.17, 15) is 14.4 Å². The SMILES string of the molecule is COC(=O)c1ccc(Cl)c(NC(=O)CN(CCCN(C)C)C(C)=O)c1. The number of amides is 2. The number of hydrogen-bond acceptors (Lipinski definition) is 5. The fourth-order valence-corrected chi connectivity index (χ4v) is 2.32. The molecule has 0 saturated heterocycles. The number of ether oxygens (including phenoxy) is 1. The molecule has 1 aromatic carbocycles. The van der Waals surface area contributed by atoms with E-state index in [1.807, 2.05) is 19.0 Å². The van der Waals surface area contributed by atoms with Gasteiger partial charge in [-0.1, -0.05) is 11.6 Å². The largest absolute Gasteiger partial charge is 0.465 e. The van der Waals surface area contributed by atoms with Crippen LogP contribution in [0.2, 0.25) is 5.02 Å². The molecule has 0 spiro atoms. The van der Waals surface area contributed by atoms with Crippen LogP contribution in [0.1, 0.15) is 23.7 Å². The first-order chi connectivity index (χ1) is 11.7. The lowest BCUT2D eigenvalue weighted by Crippen LogP contribution is -2.38. The van der Waals surface area contributed by atoms with Crippen molar-refractivity contribution in [3.8, 4) is 0 Å². The molecule has 0 heterocycles. The van der Waals surface area contributed by atoms with E-state index in [-0.39, 0.29) is 23.9 Å². The molecule has 0 aliphatic heterocycles. The molecule has 8 heteroatoms. The Morgan fingerprint density at radius 2 is 1.88 bits per heavy atom. The first-order valence-corrected chi connectivity index (χ1v) is 8.20. The Hall–Kier alpha value is -2.12. The smallest absolute Gasteiger partial charge is 0.337 e. The Labute approximate surface area is 152 Å². The van der Waals surface area contributed by atoms with E-state index >= 15 is 0 Å². The summed E-state index contributed by atoms with van der Waals surface area (Å²) in [5, 5.41) is 2.93. The van der Waals surface area contributed by atoms with Crippen molar-refractivity contribution in [3.63, 3.8) is 0 Å². The molecule has 0 aromatic heterocycles. The number of carbonyl (C=O) groups is 3. The maximum Gasteiger partial charge on any atom is 0.337 e. The number of esters is 1. The lowest BCUT2D eigenvalue weighted by atomic mass is 10.2. The molecule has 25 heavy (non-hydrogen) atoms. The fourth-order valence-electron chi connectivity index (χ4n) is 2.15. The van der Waals surface area contributed by atoms with Gasteiger partial charge in [-0.2, -0.15) is 0 Å². The number of halogens is 1. The van der Waals surface area contributed by atoms with Crippen LogP contribution < -0.4 is 5.32 Å². The van der Waals surface area contributed by atoms with Gasteiger partial charge < -0.3 is 19.9 Å². The Bertz CT molecular complexity index is 634. The molecule has 2 amide bonds. The molecular weight excluding hydrogens is 346 g/mol. The zero-order valence-electron chi connectivity index (χ0n) is 15.0. The van der Waals surface area contributed by atoms with E-state index < -0.39 is 5.97 Å². The van der Waals surface area contributed by atoms with Gasteiger partial charge in [0.05, 0.1) is 29.9 Å². The maximum absolute atomic E-state index is 12.2. The second-order valence-electron chi connectivity index (χ2n) is 5.83. The van der Waals surface area contributed by atoms with E-state index in [0.29, 0.717) is 17.3 Å². The third kappa shape index (κ3) is 7.11. The van der Waals surface area contributed by atoms with Gasteiger partial charge >= 0.3 is 5.97 Å². The van der Waals surface area contributed by atoms with Crippen LogP contribution in [0, 0.1) is 0 Å². The van der Waals surface area contributed by atoms with Crippen LogP contribution in [0.25, 0.3) is 0 Å². The second-order valence-corrected chi connectivity index (χ2v) is 6.24. The molecule has 1 rings (SSSR count). The number of benzene rings is 1. The third-order valence-electron chi connectivity index (χ3n) is 3.47. The van der Waals surface area contributed by atoms with Crippen molar-refractivity contribution in [1.29, 1.82) is 0 Å². The minimum atomic E-state index is -0.527. The Morgan fingerprint density at radius 3 is 2.44 bits per heavy atom. The highest BCUT2D eigenvalue weighted by molar-refractivity contribution is 6.33. The first kappa shape index (κ1) is 20.9. The molecule has 0 bridgehead atoms. The summed E-state index contributed by atoms with van der Waals surface area (Å²) < 4.78 is 4.64. The van der Waals surface area contributed by atoms with Crippen LogP contribution in [0.15, 0.2) is 18.2 Å². The predicted octanol–water partition coefficient (Wildman–Crippen LogP) is 1.87. The van der Waals surface area contributed by atoms with Crippen molar-refractivity contribution >= 4 is 35.1 Å². The molecular formula is C17H24ClN3O4. The Balaban J connectivity index is 2.73. The lowest BCUT2D eigenvalue weighted by molar-refractivity contribution is -0.132. The van der Waals surface area contributed by atoms with Gasteiger partial charge in [0.25, 0.3) is 0 Å². The minimum absolute atomic E-state index is 0.0818. The highest BCUT2D eigenvalue weighted by Crippen LogP contribution is 2.23. The third-order valence-corrected chi connectivity index (χ3v) is 3.80. The normalized spacial score (nSPS) is 10.5. The van der Waals surface area contributed by atoms with Crippen molar-refractivity contribution in [2.75, 3.05) is 46.2 Å². The number of carbonyl (C=O) groups excluding carboxylic acids is 3. The molecule has 0 atom stereocenters. The topological polar surface area (TPSA) is 79.0 Å². The van der Waals surface area contributed by atoms with Crippen molar-refractivity contribution in [1.82, 2.24) is 9.80 Å². The van der Waals surface area contributed by atoms with E-state index in [0.717, 1.165) is 13.0 Å².